The smallest absolute Gasteiger partial charge is 0.265 e. The maximum Gasteiger partial charge on any atom is 0.462 e. The number of halogens is 28. The molecule has 0 aliphatic carbocycles. The summed E-state index contributed by atoms with van der Waals surface area (Å²) in [5, 5.41) is 0. The Kier molecular flexibility index (Phi) is 9.97. The van der Waals surface area contributed by atoms with E-state index in [0.29, 0.717) is 0 Å². The molecule has 31 heteroatoms. The number of hydrogen-bond donors (Lipinski definition) is 0. The summed E-state index contributed by atoms with van der Waals surface area (Å²) in [4.78, 5) is 0. The third-order valence-electron chi connectivity index (χ3n) is 4.13. The molecule has 0 N–H and O–H groups in total. The number of hydrogen-bond acceptors (Lipinski definition) is 3. The Morgan fingerprint density at radius 1 is 0.205 bits per heavy atom. The lowest BCUT2D eigenvalue weighted by atomic mass is 10.1. The van der Waals surface area contributed by atoms with Crippen LogP contribution in [0, 0.1) is 0 Å². The van der Waals surface area contributed by atoms with Gasteiger partial charge in [0.2, 0.25) is 0 Å². The van der Waals surface area contributed by atoms with Crippen LogP contribution in [0.4, 0.5) is 123 Å². The SMILES string of the molecule is FC(F)(F)C(F)(F)C(F)(F)OC(F)(C(F)(F)F)C(F)(F)OC(F)(C(F)(F)F)C(F)(OC(F)(F)C(F)(F)C(F)(F)F)C(F)(F)F. The molecule has 44 heavy (non-hydrogen) atoms. The van der Waals surface area contributed by atoms with Crippen LogP contribution < -0.4 is 0 Å². The third-order valence-corrected chi connectivity index (χ3v) is 4.13. The Morgan fingerprint density at radius 2 is 0.386 bits per heavy atom. The lowest BCUT2D eigenvalue weighted by Gasteiger charge is -2.45. The molecule has 0 rings (SSSR count). The van der Waals surface area contributed by atoms with E-state index in [9.17, 15) is 123 Å². The maximum atomic E-state index is 14.3. The van der Waals surface area contributed by atoms with E-state index < -0.39 is 78.6 Å². The zero-order chi connectivity index (χ0) is 36.6. The summed E-state index contributed by atoms with van der Waals surface area (Å²) in [6, 6.07) is 0. The molecule has 266 valence electrons. The Bertz CT molecular complexity index is 1010. The van der Waals surface area contributed by atoms with E-state index in [1.54, 1.807) is 0 Å². The first-order valence-electron chi connectivity index (χ1n) is 8.77. The minimum Gasteiger partial charge on any atom is -0.265 e. The Labute approximate surface area is 217 Å². The summed E-state index contributed by atoms with van der Waals surface area (Å²) in [6.45, 7) is 0. The Balaban J connectivity index is 7.70. The van der Waals surface area contributed by atoms with Gasteiger partial charge in [0.15, 0.2) is 0 Å². The quantitative estimate of drug-likeness (QED) is 0.210. The van der Waals surface area contributed by atoms with Crippen molar-refractivity contribution in [3.63, 3.8) is 0 Å². The van der Waals surface area contributed by atoms with Gasteiger partial charge in [0, 0.05) is 0 Å². The van der Waals surface area contributed by atoms with Crippen molar-refractivity contribution in [3.05, 3.63) is 0 Å². The zero-order valence-electron chi connectivity index (χ0n) is 18.3. The summed E-state index contributed by atoms with van der Waals surface area (Å²) in [5.74, 6) is -44.5. The molecule has 3 nitrogen and oxygen atoms in total. The fourth-order valence-corrected chi connectivity index (χ4v) is 1.95. The third kappa shape index (κ3) is 6.44. The lowest BCUT2D eigenvalue weighted by Crippen LogP contribution is -2.74. The van der Waals surface area contributed by atoms with Crippen molar-refractivity contribution in [1.29, 1.82) is 0 Å². The molecule has 0 saturated carbocycles. The molecular weight excluding hydrogens is 736 g/mol. The summed E-state index contributed by atoms with van der Waals surface area (Å²) in [5.41, 5.74) is 0. The highest BCUT2D eigenvalue weighted by atomic mass is 19.5. The highest BCUT2D eigenvalue weighted by molar-refractivity contribution is 5.03. The van der Waals surface area contributed by atoms with Crippen LogP contribution in [0.1, 0.15) is 0 Å². The molecule has 0 fully saturated rings. The van der Waals surface area contributed by atoms with E-state index in [2.05, 4.69) is 0 Å². The molecule has 3 unspecified atom stereocenters. The fourth-order valence-electron chi connectivity index (χ4n) is 1.95. The van der Waals surface area contributed by atoms with Crippen LogP contribution >= 0.6 is 0 Å². The topological polar surface area (TPSA) is 27.7 Å². The molecule has 0 spiro atoms. The van der Waals surface area contributed by atoms with Crippen molar-refractivity contribution in [3.8, 4) is 0 Å². The molecule has 0 aliphatic rings. The first kappa shape index (κ1) is 41.9. The largest absolute Gasteiger partial charge is 0.462 e. The molecule has 0 amide bonds. The summed E-state index contributed by atoms with van der Waals surface area (Å²) in [7, 11) is 0. The maximum absolute atomic E-state index is 14.3. The van der Waals surface area contributed by atoms with E-state index in [-0.39, 0.29) is 0 Å². The molecular formula is C13F28O3. The van der Waals surface area contributed by atoms with Gasteiger partial charge in [-0.1, -0.05) is 0 Å². The predicted molar refractivity (Wildman–Crippen MR) is 69.8 cm³/mol. The van der Waals surface area contributed by atoms with E-state index in [0.717, 1.165) is 14.2 Å². The van der Waals surface area contributed by atoms with Crippen LogP contribution in [0.3, 0.4) is 0 Å². The van der Waals surface area contributed by atoms with Gasteiger partial charge in [0.05, 0.1) is 0 Å². The highest BCUT2D eigenvalue weighted by Gasteiger charge is 2.92. The van der Waals surface area contributed by atoms with Gasteiger partial charge in [0.25, 0.3) is 0 Å². The van der Waals surface area contributed by atoms with E-state index >= 15 is 0 Å². The van der Waals surface area contributed by atoms with E-state index in [4.69, 9.17) is 0 Å². The van der Waals surface area contributed by atoms with Crippen LogP contribution in [-0.2, 0) is 14.2 Å². The van der Waals surface area contributed by atoms with Crippen LogP contribution in [0.25, 0.3) is 0 Å². The molecule has 0 saturated heterocycles. The molecule has 0 bridgehead atoms. The second kappa shape index (κ2) is 10.5. The van der Waals surface area contributed by atoms with Crippen molar-refractivity contribution in [1.82, 2.24) is 0 Å². The highest BCUT2D eigenvalue weighted by Crippen LogP contribution is 2.62. The van der Waals surface area contributed by atoms with Crippen molar-refractivity contribution < 1.29 is 137 Å². The van der Waals surface area contributed by atoms with Gasteiger partial charge < -0.3 is 0 Å². The summed E-state index contributed by atoms with van der Waals surface area (Å²) in [6.07, 6.45) is -69.0. The molecule has 0 heterocycles. The first-order chi connectivity index (χ1) is 18.4. The Morgan fingerprint density at radius 3 is 0.568 bits per heavy atom. The average molecular weight is 736 g/mol. The molecule has 0 aromatic carbocycles. The van der Waals surface area contributed by atoms with Gasteiger partial charge >= 0.3 is 78.6 Å². The van der Waals surface area contributed by atoms with E-state index in [1.807, 2.05) is 0 Å². The monoisotopic (exact) mass is 736 g/mol. The van der Waals surface area contributed by atoms with Crippen molar-refractivity contribution in [2.45, 2.75) is 78.6 Å². The molecule has 0 aromatic rings. The number of alkyl halides is 28. The van der Waals surface area contributed by atoms with Crippen molar-refractivity contribution in [2.75, 3.05) is 0 Å². The van der Waals surface area contributed by atoms with E-state index in [1.165, 1.54) is 0 Å². The van der Waals surface area contributed by atoms with Gasteiger partial charge in [0.1, 0.15) is 0 Å². The van der Waals surface area contributed by atoms with Gasteiger partial charge in [-0.2, -0.15) is 123 Å². The lowest BCUT2D eigenvalue weighted by molar-refractivity contribution is -0.588. The standard InChI is InChI=1S/C13F28O3/c14-1(15,6(21,22)23)11(36,37)42-3(18,8(27,28)29)4(19,9(30,31)32)43-13(40,41)5(20,10(33,34)35)44-12(38,39)2(16,17)7(24,25)26. The minimum absolute atomic E-state index is 0.778. The average Bonchev–Trinajstić information content (AvgIpc) is 2.67. The van der Waals surface area contributed by atoms with Gasteiger partial charge in [-0.15, -0.1) is 0 Å². The van der Waals surface area contributed by atoms with Crippen LogP contribution in [0.5, 0.6) is 0 Å². The fraction of sp³-hybridized carbons (Fsp3) is 1.00. The zero-order valence-corrected chi connectivity index (χ0v) is 18.3. The Hall–Kier alpha value is -2.08. The van der Waals surface area contributed by atoms with Crippen molar-refractivity contribution >= 4 is 0 Å². The molecule has 0 aromatic heterocycles. The van der Waals surface area contributed by atoms with Crippen molar-refractivity contribution in [2.24, 2.45) is 0 Å². The summed E-state index contributed by atoms with van der Waals surface area (Å²) < 4.78 is 364. The minimum atomic E-state index is -9.35. The van der Waals surface area contributed by atoms with Gasteiger partial charge in [-0.25, -0.2) is 0 Å². The van der Waals surface area contributed by atoms with Crippen LogP contribution in [0.15, 0.2) is 0 Å². The number of ether oxygens (including phenoxy) is 3. The van der Waals surface area contributed by atoms with Gasteiger partial charge in [-0.05, 0) is 0 Å². The second-order valence-corrected chi connectivity index (χ2v) is 7.28. The number of rotatable bonds is 10. The van der Waals surface area contributed by atoms with Crippen LogP contribution in [0.2, 0.25) is 0 Å². The second-order valence-electron chi connectivity index (χ2n) is 7.28. The van der Waals surface area contributed by atoms with Gasteiger partial charge in [-0.3, -0.25) is 14.2 Å². The molecule has 3 atom stereocenters. The molecule has 0 radical (unpaired) electrons. The normalized spacial score (nSPS) is 20.2. The predicted octanol–water partition coefficient (Wildman–Crippen LogP) is 8.89. The first-order valence-corrected chi connectivity index (χ1v) is 8.77. The summed E-state index contributed by atoms with van der Waals surface area (Å²) >= 11 is 0. The molecule has 0 aliphatic heterocycles. The van der Waals surface area contributed by atoms with Crippen LogP contribution in [-0.4, -0.2) is 78.6 Å².